The van der Waals surface area contributed by atoms with Gasteiger partial charge in [0.2, 0.25) is 0 Å². The number of urea groups is 1. The summed E-state index contributed by atoms with van der Waals surface area (Å²) >= 11 is 0. The quantitative estimate of drug-likeness (QED) is 0.874. The zero-order valence-electron chi connectivity index (χ0n) is 11.5. The van der Waals surface area contributed by atoms with Crippen molar-refractivity contribution in [3.8, 4) is 0 Å². The van der Waals surface area contributed by atoms with Crippen LogP contribution in [0.15, 0.2) is 12.3 Å². The molecule has 0 unspecified atom stereocenters. The normalized spacial score (nSPS) is 19.8. The van der Waals surface area contributed by atoms with Crippen molar-refractivity contribution < 1.29 is 9.90 Å². The van der Waals surface area contributed by atoms with E-state index in [-0.39, 0.29) is 24.6 Å². The number of aliphatic hydroxyl groups is 1. The fourth-order valence-electron chi connectivity index (χ4n) is 2.41. The largest absolute Gasteiger partial charge is 0.396 e. The van der Waals surface area contributed by atoms with Gasteiger partial charge in [0, 0.05) is 31.8 Å². The van der Waals surface area contributed by atoms with Crippen molar-refractivity contribution in [1.29, 1.82) is 0 Å². The molecule has 1 aromatic heterocycles. The molecule has 0 saturated carbocycles. The van der Waals surface area contributed by atoms with Gasteiger partial charge >= 0.3 is 6.03 Å². The van der Waals surface area contributed by atoms with E-state index in [9.17, 15) is 9.90 Å². The summed E-state index contributed by atoms with van der Waals surface area (Å²) < 4.78 is 1.78. The summed E-state index contributed by atoms with van der Waals surface area (Å²) in [6, 6.07) is 1.89. The van der Waals surface area contributed by atoms with Crippen LogP contribution in [0.3, 0.4) is 0 Å². The third-order valence-electron chi connectivity index (χ3n) is 3.46. The average molecular weight is 266 g/mol. The molecule has 0 aliphatic carbocycles. The lowest BCUT2D eigenvalue weighted by Crippen LogP contribution is -2.43. The number of aromatic nitrogens is 2. The van der Waals surface area contributed by atoms with E-state index >= 15 is 0 Å². The van der Waals surface area contributed by atoms with Crippen molar-refractivity contribution in [1.82, 2.24) is 14.7 Å². The Morgan fingerprint density at radius 3 is 3.11 bits per heavy atom. The van der Waals surface area contributed by atoms with E-state index in [1.54, 1.807) is 21.8 Å². The van der Waals surface area contributed by atoms with Gasteiger partial charge in [-0.1, -0.05) is 0 Å². The first-order valence-electron chi connectivity index (χ1n) is 6.82. The highest BCUT2D eigenvalue weighted by molar-refractivity contribution is 5.88. The zero-order valence-corrected chi connectivity index (χ0v) is 11.5. The van der Waals surface area contributed by atoms with Crippen molar-refractivity contribution >= 4 is 11.8 Å². The van der Waals surface area contributed by atoms with Crippen LogP contribution in [0.5, 0.6) is 0 Å². The van der Waals surface area contributed by atoms with Crippen LogP contribution >= 0.6 is 0 Å². The van der Waals surface area contributed by atoms with Crippen LogP contribution in [0, 0.1) is 5.92 Å². The summed E-state index contributed by atoms with van der Waals surface area (Å²) in [6.45, 7) is 5.56. The maximum Gasteiger partial charge on any atom is 0.323 e. The number of hydrogen-bond donors (Lipinski definition) is 2. The molecule has 106 valence electrons. The van der Waals surface area contributed by atoms with Gasteiger partial charge in [0.25, 0.3) is 0 Å². The summed E-state index contributed by atoms with van der Waals surface area (Å²) in [4.78, 5) is 14.0. The number of rotatable bonds is 3. The van der Waals surface area contributed by atoms with Gasteiger partial charge in [0.05, 0.1) is 6.20 Å². The molecule has 1 atom stereocenters. The molecule has 1 saturated heterocycles. The monoisotopic (exact) mass is 266 g/mol. The molecule has 0 bridgehead atoms. The Morgan fingerprint density at radius 1 is 1.63 bits per heavy atom. The van der Waals surface area contributed by atoms with Crippen molar-refractivity contribution in [3.63, 3.8) is 0 Å². The van der Waals surface area contributed by atoms with Gasteiger partial charge in [0.1, 0.15) is 5.82 Å². The number of carbonyl (C=O) groups excluding carboxylic acids is 1. The highest BCUT2D eigenvalue weighted by Crippen LogP contribution is 2.18. The molecule has 0 spiro atoms. The average Bonchev–Trinajstić information content (AvgIpc) is 2.87. The van der Waals surface area contributed by atoms with Gasteiger partial charge in [-0.15, -0.1) is 0 Å². The van der Waals surface area contributed by atoms with Crippen LogP contribution in [-0.2, 0) is 0 Å². The van der Waals surface area contributed by atoms with Crippen molar-refractivity contribution in [3.05, 3.63) is 12.3 Å². The number of nitrogens with one attached hydrogen (secondary N) is 1. The molecule has 19 heavy (non-hydrogen) atoms. The molecule has 6 heteroatoms. The van der Waals surface area contributed by atoms with E-state index in [0.717, 1.165) is 19.4 Å². The minimum atomic E-state index is -0.111. The number of aliphatic hydroxyl groups excluding tert-OH is 1. The Morgan fingerprint density at radius 2 is 2.42 bits per heavy atom. The first-order chi connectivity index (χ1) is 9.11. The molecule has 2 heterocycles. The molecule has 2 amide bonds. The summed E-state index contributed by atoms with van der Waals surface area (Å²) in [5, 5.41) is 16.3. The molecule has 2 N–H and O–H groups in total. The predicted molar refractivity (Wildman–Crippen MR) is 73.0 cm³/mol. The van der Waals surface area contributed by atoms with Crippen LogP contribution in [0.2, 0.25) is 0 Å². The lowest BCUT2D eigenvalue weighted by atomic mass is 9.99. The summed E-state index contributed by atoms with van der Waals surface area (Å²) in [5.41, 5.74) is 0. The van der Waals surface area contributed by atoms with Gasteiger partial charge in [-0.3, -0.25) is 5.32 Å². The predicted octanol–water partition coefficient (Wildman–Crippen LogP) is 1.70. The Labute approximate surface area is 113 Å². The summed E-state index contributed by atoms with van der Waals surface area (Å²) in [5.74, 6) is 0.917. The second-order valence-corrected chi connectivity index (χ2v) is 5.32. The van der Waals surface area contributed by atoms with Crippen molar-refractivity contribution in [2.45, 2.75) is 32.7 Å². The summed E-state index contributed by atoms with van der Waals surface area (Å²) in [7, 11) is 0. The van der Waals surface area contributed by atoms with Gasteiger partial charge in [-0.2, -0.15) is 5.10 Å². The second-order valence-electron chi connectivity index (χ2n) is 5.32. The van der Waals surface area contributed by atoms with Gasteiger partial charge in [-0.25, -0.2) is 9.48 Å². The van der Waals surface area contributed by atoms with Gasteiger partial charge in [0.15, 0.2) is 0 Å². The van der Waals surface area contributed by atoms with Crippen LogP contribution in [0.4, 0.5) is 10.6 Å². The third kappa shape index (κ3) is 3.26. The fourth-order valence-corrected chi connectivity index (χ4v) is 2.41. The zero-order chi connectivity index (χ0) is 13.8. The van der Waals surface area contributed by atoms with Gasteiger partial charge < -0.3 is 10.0 Å². The lowest BCUT2D eigenvalue weighted by Gasteiger charge is -2.31. The smallest absolute Gasteiger partial charge is 0.323 e. The Hall–Kier alpha value is -1.56. The molecule has 1 aromatic rings. The van der Waals surface area contributed by atoms with E-state index in [4.69, 9.17) is 0 Å². The number of nitrogens with zero attached hydrogens (tertiary/aromatic N) is 3. The van der Waals surface area contributed by atoms with E-state index in [1.807, 2.05) is 13.8 Å². The molecule has 6 nitrogen and oxygen atoms in total. The minimum Gasteiger partial charge on any atom is -0.396 e. The van der Waals surface area contributed by atoms with E-state index in [2.05, 4.69) is 10.4 Å². The molecule has 1 aliphatic rings. The molecule has 1 fully saturated rings. The first-order valence-corrected chi connectivity index (χ1v) is 6.82. The molecule has 0 radical (unpaired) electrons. The van der Waals surface area contributed by atoms with Crippen LogP contribution in [-0.4, -0.2) is 45.5 Å². The van der Waals surface area contributed by atoms with Crippen LogP contribution in [0.1, 0.15) is 32.7 Å². The van der Waals surface area contributed by atoms with Crippen LogP contribution in [0.25, 0.3) is 0 Å². The SMILES string of the molecule is CC(C)n1nccc1NC(=O)N1CCC[C@@H](CO)C1. The van der Waals surface area contributed by atoms with Crippen molar-refractivity contribution in [2.24, 2.45) is 5.92 Å². The number of carbonyl (C=O) groups is 1. The molecule has 1 aliphatic heterocycles. The molecular weight excluding hydrogens is 244 g/mol. The third-order valence-corrected chi connectivity index (χ3v) is 3.46. The second kappa shape index (κ2) is 6.06. The number of hydrogen-bond acceptors (Lipinski definition) is 3. The van der Waals surface area contributed by atoms with Crippen molar-refractivity contribution in [2.75, 3.05) is 25.0 Å². The van der Waals surface area contributed by atoms with E-state index < -0.39 is 0 Å². The molecular formula is C13H22N4O2. The number of piperidine rings is 1. The number of anilines is 1. The molecule has 2 rings (SSSR count). The number of amides is 2. The Kier molecular flexibility index (Phi) is 4.42. The molecule has 0 aromatic carbocycles. The summed E-state index contributed by atoms with van der Waals surface area (Å²) in [6.07, 6.45) is 3.62. The Balaban J connectivity index is 1.98. The fraction of sp³-hybridized carbons (Fsp3) is 0.692. The lowest BCUT2D eigenvalue weighted by molar-refractivity contribution is 0.136. The van der Waals surface area contributed by atoms with E-state index in [0.29, 0.717) is 12.4 Å². The maximum atomic E-state index is 12.2. The highest BCUT2D eigenvalue weighted by Gasteiger charge is 2.23. The van der Waals surface area contributed by atoms with Gasteiger partial charge in [-0.05, 0) is 32.6 Å². The van der Waals surface area contributed by atoms with Crippen LogP contribution < -0.4 is 5.32 Å². The highest BCUT2D eigenvalue weighted by atomic mass is 16.3. The first kappa shape index (κ1) is 13.9. The number of likely N-dealkylation sites (tertiary alicyclic amines) is 1. The topological polar surface area (TPSA) is 70.4 Å². The van der Waals surface area contributed by atoms with E-state index in [1.165, 1.54) is 0 Å². The maximum absolute atomic E-state index is 12.2. The standard InChI is InChI=1S/C13H22N4O2/c1-10(2)17-12(5-6-14-17)15-13(19)16-7-3-4-11(8-16)9-18/h5-6,10-11,18H,3-4,7-9H2,1-2H3,(H,15,19)/t11-/m1/s1. The Bertz CT molecular complexity index is 430. The minimum absolute atomic E-state index is 0.111.